The molecule has 0 N–H and O–H groups in total. The zero-order valence-electron chi connectivity index (χ0n) is 19.0. The van der Waals surface area contributed by atoms with Crippen molar-refractivity contribution in [1.29, 1.82) is 0 Å². The van der Waals surface area contributed by atoms with Gasteiger partial charge in [0.15, 0.2) is 0 Å². The van der Waals surface area contributed by atoms with Gasteiger partial charge >= 0.3 is 0 Å². The summed E-state index contributed by atoms with van der Waals surface area (Å²) in [5, 5.41) is 0. The van der Waals surface area contributed by atoms with Crippen LogP contribution in [-0.2, 0) is 21.4 Å². The van der Waals surface area contributed by atoms with Crippen molar-refractivity contribution in [2.45, 2.75) is 23.3 Å². The maximum atomic E-state index is 13.6. The minimum absolute atomic E-state index is 0.132. The van der Waals surface area contributed by atoms with Gasteiger partial charge in [-0.15, -0.1) is 11.8 Å². The smallest absolute Gasteiger partial charge is 0.264 e. The van der Waals surface area contributed by atoms with Crippen molar-refractivity contribution < 1.29 is 17.9 Å². The van der Waals surface area contributed by atoms with Crippen LogP contribution in [0.25, 0.3) is 0 Å². The molecule has 0 bridgehead atoms. The Balaban J connectivity index is 1.91. The Morgan fingerprint density at radius 2 is 1.58 bits per heavy atom. The summed E-state index contributed by atoms with van der Waals surface area (Å²) in [4.78, 5) is 15.7. The van der Waals surface area contributed by atoms with E-state index < -0.39 is 10.0 Å². The van der Waals surface area contributed by atoms with E-state index in [0.717, 1.165) is 14.8 Å². The molecule has 3 aromatic carbocycles. The quantitative estimate of drug-likeness (QED) is 0.392. The lowest BCUT2D eigenvalue weighted by molar-refractivity contribution is -0.128. The van der Waals surface area contributed by atoms with E-state index in [9.17, 15) is 13.2 Å². The maximum Gasteiger partial charge on any atom is 0.264 e. The highest BCUT2D eigenvalue weighted by atomic mass is 32.2. The van der Waals surface area contributed by atoms with E-state index in [1.807, 2.05) is 43.5 Å². The minimum Gasteiger partial charge on any atom is -0.494 e. The summed E-state index contributed by atoms with van der Waals surface area (Å²) < 4.78 is 33.8. The van der Waals surface area contributed by atoms with Crippen LogP contribution < -0.4 is 9.04 Å². The van der Waals surface area contributed by atoms with Crippen LogP contribution in [0.5, 0.6) is 5.75 Å². The molecule has 8 heteroatoms. The molecule has 3 aromatic rings. The van der Waals surface area contributed by atoms with E-state index in [2.05, 4.69) is 0 Å². The molecule has 33 heavy (non-hydrogen) atoms. The van der Waals surface area contributed by atoms with Crippen LogP contribution in [0.1, 0.15) is 12.5 Å². The number of ether oxygens (including phenoxy) is 1. The molecule has 174 valence electrons. The van der Waals surface area contributed by atoms with Crippen molar-refractivity contribution in [1.82, 2.24) is 4.90 Å². The zero-order chi connectivity index (χ0) is 23.8. The number of rotatable bonds is 10. The predicted octanol–water partition coefficient (Wildman–Crippen LogP) is 4.66. The molecule has 0 aromatic heterocycles. The highest BCUT2D eigenvalue weighted by molar-refractivity contribution is 7.98. The molecule has 0 aliphatic heterocycles. The molecular weight excluding hydrogens is 456 g/mol. The standard InChI is InChI=1S/C25H28N2O4S2/c1-4-31-22-12-10-21(11-13-22)27(33(29,30)24-16-14-23(32-3)15-17-24)19-25(28)26(2)18-20-8-6-5-7-9-20/h5-17H,4,18-19H2,1-3H3. The second-order valence-corrected chi connectivity index (χ2v) is 10.1. The molecule has 0 radical (unpaired) electrons. The molecule has 0 aliphatic rings. The largest absolute Gasteiger partial charge is 0.494 e. The SMILES string of the molecule is CCOc1ccc(N(CC(=O)N(C)Cc2ccccc2)S(=O)(=O)c2ccc(SC)cc2)cc1. The summed E-state index contributed by atoms with van der Waals surface area (Å²) in [6.07, 6.45) is 1.93. The first-order valence-electron chi connectivity index (χ1n) is 10.5. The topological polar surface area (TPSA) is 66.9 Å². The first kappa shape index (κ1) is 24.7. The number of amides is 1. The van der Waals surface area contributed by atoms with E-state index in [4.69, 9.17) is 4.74 Å². The molecular formula is C25H28N2O4S2. The molecule has 3 rings (SSSR count). The minimum atomic E-state index is -3.97. The molecule has 0 heterocycles. The summed E-state index contributed by atoms with van der Waals surface area (Å²) in [7, 11) is -2.30. The normalized spacial score (nSPS) is 11.1. The van der Waals surface area contributed by atoms with Crippen LogP contribution in [0.4, 0.5) is 5.69 Å². The molecule has 0 atom stereocenters. The van der Waals surface area contributed by atoms with Crippen LogP contribution >= 0.6 is 11.8 Å². The number of hydrogen-bond donors (Lipinski definition) is 0. The molecule has 1 amide bonds. The lowest BCUT2D eigenvalue weighted by Gasteiger charge is -2.27. The average molecular weight is 485 g/mol. The number of likely N-dealkylation sites (N-methyl/N-ethyl adjacent to an activating group) is 1. The van der Waals surface area contributed by atoms with Crippen LogP contribution in [0.3, 0.4) is 0 Å². The lowest BCUT2D eigenvalue weighted by Crippen LogP contribution is -2.41. The third-order valence-electron chi connectivity index (χ3n) is 5.05. The van der Waals surface area contributed by atoms with Gasteiger partial charge in [0.1, 0.15) is 12.3 Å². The van der Waals surface area contributed by atoms with E-state index in [1.165, 1.54) is 16.7 Å². The van der Waals surface area contributed by atoms with Gasteiger partial charge in [0.05, 0.1) is 17.2 Å². The van der Waals surface area contributed by atoms with Gasteiger partial charge in [-0.25, -0.2) is 8.42 Å². The summed E-state index contributed by atoms with van der Waals surface area (Å²) in [5.74, 6) is 0.326. The first-order chi connectivity index (χ1) is 15.8. The summed E-state index contributed by atoms with van der Waals surface area (Å²) >= 11 is 1.53. The van der Waals surface area contributed by atoms with Crippen molar-refractivity contribution in [2.24, 2.45) is 0 Å². The van der Waals surface area contributed by atoms with Gasteiger partial charge in [0, 0.05) is 18.5 Å². The number of benzene rings is 3. The van der Waals surface area contributed by atoms with Gasteiger partial charge in [-0.1, -0.05) is 30.3 Å². The number of thioether (sulfide) groups is 1. The van der Waals surface area contributed by atoms with Crippen molar-refractivity contribution in [3.05, 3.63) is 84.4 Å². The van der Waals surface area contributed by atoms with E-state index >= 15 is 0 Å². The van der Waals surface area contributed by atoms with Gasteiger partial charge in [0.2, 0.25) is 5.91 Å². The third-order valence-corrected chi connectivity index (χ3v) is 7.58. The van der Waals surface area contributed by atoms with Crippen LogP contribution in [0.15, 0.2) is 88.7 Å². The average Bonchev–Trinajstić information content (AvgIpc) is 2.83. The van der Waals surface area contributed by atoms with Crippen molar-refractivity contribution in [3.8, 4) is 5.75 Å². The number of anilines is 1. The van der Waals surface area contributed by atoms with Gasteiger partial charge in [-0.05, 0) is 67.3 Å². The second kappa shape index (κ2) is 11.2. The molecule has 0 saturated heterocycles. The predicted molar refractivity (Wildman–Crippen MR) is 133 cm³/mol. The molecule has 0 aliphatic carbocycles. The van der Waals surface area contributed by atoms with Gasteiger partial charge in [-0.3, -0.25) is 9.10 Å². The maximum absolute atomic E-state index is 13.6. The van der Waals surface area contributed by atoms with E-state index in [0.29, 0.717) is 24.6 Å². The Morgan fingerprint density at radius 3 is 2.15 bits per heavy atom. The Morgan fingerprint density at radius 1 is 0.939 bits per heavy atom. The van der Waals surface area contributed by atoms with Crippen LogP contribution in [0.2, 0.25) is 0 Å². The van der Waals surface area contributed by atoms with Crippen LogP contribution in [0, 0.1) is 0 Å². The van der Waals surface area contributed by atoms with E-state index in [1.54, 1.807) is 55.6 Å². The fourth-order valence-electron chi connectivity index (χ4n) is 3.25. The Hall–Kier alpha value is -2.97. The fraction of sp³-hybridized carbons (Fsp3) is 0.240. The molecule has 0 unspecified atom stereocenters. The molecule has 0 spiro atoms. The zero-order valence-corrected chi connectivity index (χ0v) is 20.6. The van der Waals surface area contributed by atoms with Gasteiger partial charge in [0.25, 0.3) is 10.0 Å². The molecule has 0 saturated carbocycles. The van der Waals surface area contributed by atoms with Crippen molar-refractivity contribution in [2.75, 3.05) is 30.8 Å². The third kappa shape index (κ3) is 6.30. The van der Waals surface area contributed by atoms with Crippen molar-refractivity contribution >= 4 is 33.4 Å². The first-order valence-corrected chi connectivity index (χ1v) is 13.2. The van der Waals surface area contributed by atoms with Crippen LogP contribution in [-0.4, -0.2) is 45.7 Å². The van der Waals surface area contributed by atoms with Gasteiger partial charge < -0.3 is 9.64 Å². The highest BCUT2D eigenvalue weighted by Gasteiger charge is 2.28. The number of sulfonamides is 1. The lowest BCUT2D eigenvalue weighted by atomic mass is 10.2. The summed E-state index contributed by atoms with van der Waals surface area (Å²) in [5.41, 5.74) is 1.37. The number of carbonyl (C=O) groups is 1. The molecule has 6 nitrogen and oxygen atoms in total. The van der Waals surface area contributed by atoms with Crippen molar-refractivity contribution in [3.63, 3.8) is 0 Å². The summed E-state index contributed by atoms with van der Waals surface area (Å²) in [6, 6.07) is 23.0. The Bertz CT molecular complexity index is 1150. The highest BCUT2D eigenvalue weighted by Crippen LogP contribution is 2.27. The Labute approximate surface area is 200 Å². The molecule has 0 fully saturated rings. The number of nitrogens with zero attached hydrogens (tertiary/aromatic N) is 2. The number of carbonyl (C=O) groups excluding carboxylic acids is 1. The van der Waals surface area contributed by atoms with Gasteiger partial charge in [-0.2, -0.15) is 0 Å². The fourth-order valence-corrected chi connectivity index (χ4v) is 5.08. The monoisotopic (exact) mass is 484 g/mol. The number of hydrogen-bond acceptors (Lipinski definition) is 5. The second-order valence-electron chi connectivity index (χ2n) is 7.35. The Kier molecular flexibility index (Phi) is 8.41. The summed E-state index contributed by atoms with van der Waals surface area (Å²) in [6.45, 7) is 2.46. The van der Waals surface area contributed by atoms with E-state index in [-0.39, 0.29) is 17.3 Å².